The van der Waals surface area contributed by atoms with Crippen LogP contribution in [0.2, 0.25) is 0 Å². The van der Waals surface area contributed by atoms with E-state index in [4.69, 9.17) is 4.74 Å². The van der Waals surface area contributed by atoms with Crippen molar-refractivity contribution in [2.45, 2.75) is 45.8 Å². The molecule has 3 aromatic carbocycles. The van der Waals surface area contributed by atoms with Crippen molar-refractivity contribution < 1.29 is 19.4 Å². The van der Waals surface area contributed by atoms with Crippen LogP contribution >= 0.6 is 0 Å². The molecule has 37 heavy (non-hydrogen) atoms. The minimum absolute atomic E-state index is 0.0431. The first-order valence-corrected chi connectivity index (χ1v) is 12.8. The third-order valence-corrected chi connectivity index (χ3v) is 7.01. The topological polar surface area (TPSA) is 70.1 Å². The summed E-state index contributed by atoms with van der Waals surface area (Å²) in [6.07, 6.45) is 2.30. The standard InChI is InChI=1S/C31H32N2O4/c1-20(2)37-25-11-8-10-22(19-25)29(34)27-28(26-12-5-4-9-21(26)3)33(31(36)30(27)35)24-15-13-23(14-16-24)32-17-6-7-18-32/h4-5,8-16,19-20,28,34H,6-7,17-18H2,1-3H3/b29-27+. The van der Waals surface area contributed by atoms with Crippen molar-refractivity contribution in [1.82, 2.24) is 0 Å². The van der Waals surface area contributed by atoms with Crippen molar-refractivity contribution in [2.24, 2.45) is 0 Å². The van der Waals surface area contributed by atoms with Crippen molar-refractivity contribution >= 4 is 28.8 Å². The van der Waals surface area contributed by atoms with Crippen LogP contribution in [-0.4, -0.2) is 36.0 Å². The molecule has 2 fully saturated rings. The van der Waals surface area contributed by atoms with Crippen molar-refractivity contribution in [3.8, 4) is 5.75 Å². The van der Waals surface area contributed by atoms with Gasteiger partial charge in [-0.1, -0.05) is 36.4 Å². The molecule has 0 aliphatic carbocycles. The van der Waals surface area contributed by atoms with E-state index in [0.29, 0.717) is 17.0 Å². The number of ether oxygens (including phenoxy) is 1. The van der Waals surface area contributed by atoms with Crippen LogP contribution in [-0.2, 0) is 9.59 Å². The highest BCUT2D eigenvalue weighted by Crippen LogP contribution is 2.43. The monoisotopic (exact) mass is 496 g/mol. The second-order valence-electron chi connectivity index (χ2n) is 9.93. The van der Waals surface area contributed by atoms with Gasteiger partial charge < -0.3 is 14.7 Å². The number of benzene rings is 3. The van der Waals surface area contributed by atoms with Crippen LogP contribution < -0.4 is 14.5 Å². The predicted octanol–water partition coefficient (Wildman–Crippen LogP) is 6.01. The number of amides is 1. The lowest BCUT2D eigenvalue weighted by atomic mass is 9.92. The maximum atomic E-state index is 13.5. The highest BCUT2D eigenvalue weighted by Gasteiger charge is 2.47. The zero-order valence-electron chi connectivity index (χ0n) is 21.5. The first-order valence-electron chi connectivity index (χ1n) is 12.8. The molecule has 0 aromatic heterocycles. The van der Waals surface area contributed by atoms with E-state index in [0.717, 1.165) is 29.9 Å². The molecule has 2 saturated heterocycles. The van der Waals surface area contributed by atoms with E-state index in [-0.39, 0.29) is 17.4 Å². The summed E-state index contributed by atoms with van der Waals surface area (Å²) in [5, 5.41) is 11.5. The number of hydrogen-bond donors (Lipinski definition) is 1. The number of anilines is 2. The zero-order chi connectivity index (χ0) is 26.1. The summed E-state index contributed by atoms with van der Waals surface area (Å²) < 4.78 is 5.79. The number of ketones is 1. The molecule has 1 amide bonds. The summed E-state index contributed by atoms with van der Waals surface area (Å²) in [5.74, 6) is -0.988. The molecule has 1 atom stereocenters. The molecule has 2 aliphatic rings. The van der Waals surface area contributed by atoms with Crippen LogP contribution in [0.3, 0.4) is 0 Å². The van der Waals surface area contributed by atoms with Gasteiger partial charge in [0.15, 0.2) is 0 Å². The number of aliphatic hydroxyl groups is 1. The van der Waals surface area contributed by atoms with Crippen LogP contribution in [0.25, 0.3) is 5.76 Å². The third kappa shape index (κ3) is 4.71. The fraction of sp³-hybridized carbons (Fsp3) is 0.290. The molecule has 2 aliphatic heterocycles. The molecule has 1 unspecified atom stereocenters. The first-order chi connectivity index (χ1) is 17.8. The SMILES string of the molecule is Cc1ccccc1C1/C(=C(\O)c2cccc(OC(C)C)c2)C(=O)C(=O)N1c1ccc(N2CCCC2)cc1. The van der Waals surface area contributed by atoms with Crippen molar-refractivity contribution in [3.05, 3.63) is 95.1 Å². The molecular formula is C31H32N2O4. The summed E-state index contributed by atoms with van der Waals surface area (Å²) in [6, 6.07) is 21.7. The molecule has 0 radical (unpaired) electrons. The summed E-state index contributed by atoms with van der Waals surface area (Å²) >= 11 is 0. The lowest BCUT2D eigenvalue weighted by Gasteiger charge is -2.27. The molecule has 0 spiro atoms. The fourth-order valence-corrected chi connectivity index (χ4v) is 5.23. The Balaban J connectivity index is 1.62. The molecule has 5 rings (SSSR count). The van der Waals surface area contributed by atoms with Crippen LogP contribution in [0, 0.1) is 6.92 Å². The van der Waals surface area contributed by atoms with Crippen molar-refractivity contribution in [1.29, 1.82) is 0 Å². The van der Waals surface area contributed by atoms with Gasteiger partial charge in [0, 0.05) is 30.0 Å². The highest BCUT2D eigenvalue weighted by molar-refractivity contribution is 6.51. The van der Waals surface area contributed by atoms with Crippen LogP contribution in [0.5, 0.6) is 5.75 Å². The number of aryl methyl sites for hydroxylation is 1. The molecule has 6 nitrogen and oxygen atoms in total. The van der Waals surface area contributed by atoms with E-state index < -0.39 is 17.7 Å². The molecule has 2 heterocycles. The minimum Gasteiger partial charge on any atom is -0.507 e. The molecule has 0 saturated carbocycles. The van der Waals surface area contributed by atoms with Gasteiger partial charge >= 0.3 is 0 Å². The Hall–Kier alpha value is -4.06. The molecule has 0 bridgehead atoms. The number of nitrogens with zero attached hydrogens (tertiary/aromatic N) is 2. The number of Topliss-reactive ketones (excluding diaryl/α,β-unsaturated/α-hetero) is 1. The average molecular weight is 497 g/mol. The van der Waals surface area contributed by atoms with Gasteiger partial charge in [0.05, 0.1) is 17.7 Å². The number of rotatable bonds is 6. The lowest BCUT2D eigenvalue weighted by Crippen LogP contribution is -2.29. The van der Waals surface area contributed by atoms with Gasteiger partial charge in [-0.15, -0.1) is 0 Å². The second kappa shape index (κ2) is 10.1. The van der Waals surface area contributed by atoms with Crippen LogP contribution in [0.4, 0.5) is 11.4 Å². The molecule has 3 aromatic rings. The van der Waals surface area contributed by atoms with Crippen molar-refractivity contribution in [3.63, 3.8) is 0 Å². The maximum Gasteiger partial charge on any atom is 0.300 e. The predicted molar refractivity (Wildman–Crippen MR) is 146 cm³/mol. The highest BCUT2D eigenvalue weighted by atomic mass is 16.5. The zero-order valence-corrected chi connectivity index (χ0v) is 21.5. The van der Waals surface area contributed by atoms with Gasteiger partial charge in [-0.25, -0.2) is 0 Å². The summed E-state index contributed by atoms with van der Waals surface area (Å²) in [7, 11) is 0. The van der Waals surface area contributed by atoms with Crippen molar-refractivity contribution in [2.75, 3.05) is 22.9 Å². The number of aliphatic hydroxyl groups excluding tert-OH is 1. The fourth-order valence-electron chi connectivity index (χ4n) is 5.23. The number of carbonyl (C=O) groups excluding carboxylic acids is 2. The average Bonchev–Trinajstić information content (AvgIpc) is 3.51. The van der Waals surface area contributed by atoms with E-state index in [1.54, 1.807) is 24.3 Å². The Morgan fingerprint density at radius 2 is 1.59 bits per heavy atom. The lowest BCUT2D eigenvalue weighted by molar-refractivity contribution is -0.132. The van der Waals surface area contributed by atoms with E-state index in [1.807, 2.05) is 69.3 Å². The summed E-state index contributed by atoms with van der Waals surface area (Å²) in [5.41, 5.74) is 3.95. The molecular weight excluding hydrogens is 464 g/mol. The quantitative estimate of drug-likeness (QED) is 0.257. The van der Waals surface area contributed by atoms with Gasteiger partial charge in [-0.3, -0.25) is 14.5 Å². The summed E-state index contributed by atoms with van der Waals surface area (Å²) in [4.78, 5) is 30.8. The first kappa shape index (κ1) is 24.6. The molecule has 190 valence electrons. The Kier molecular flexibility index (Phi) is 6.74. The smallest absolute Gasteiger partial charge is 0.300 e. The van der Waals surface area contributed by atoms with Gasteiger partial charge in [0.2, 0.25) is 0 Å². The Labute approximate surface area is 217 Å². The Bertz CT molecular complexity index is 1350. The van der Waals surface area contributed by atoms with Gasteiger partial charge in [-0.2, -0.15) is 0 Å². The molecule has 6 heteroatoms. The number of hydrogen-bond acceptors (Lipinski definition) is 5. The van der Waals surface area contributed by atoms with Gasteiger partial charge in [0.1, 0.15) is 11.5 Å². The number of carbonyl (C=O) groups is 2. The van der Waals surface area contributed by atoms with Crippen LogP contribution in [0.15, 0.2) is 78.4 Å². The van der Waals surface area contributed by atoms with E-state index in [9.17, 15) is 14.7 Å². The second-order valence-corrected chi connectivity index (χ2v) is 9.93. The van der Waals surface area contributed by atoms with E-state index >= 15 is 0 Å². The third-order valence-electron chi connectivity index (χ3n) is 7.01. The minimum atomic E-state index is -0.756. The van der Waals surface area contributed by atoms with E-state index in [2.05, 4.69) is 4.90 Å². The largest absolute Gasteiger partial charge is 0.507 e. The van der Waals surface area contributed by atoms with Gasteiger partial charge in [-0.05, 0) is 81.1 Å². The Morgan fingerprint density at radius 1 is 0.919 bits per heavy atom. The summed E-state index contributed by atoms with van der Waals surface area (Å²) in [6.45, 7) is 7.83. The normalized spacial score (nSPS) is 19.2. The Morgan fingerprint density at radius 3 is 2.27 bits per heavy atom. The maximum absolute atomic E-state index is 13.5. The van der Waals surface area contributed by atoms with Gasteiger partial charge in [0.25, 0.3) is 11.7 Å². The molecule has 1 N–H and O–H groups in total. The van der Waals surface area contributed by atoms with Crippen LogP contribution in [0.1, 0.15) is 49.4 Å². The van der Waals surface area contributed by atoms with E-state index in [1.165, 1.54) is 17.7 Å².